The predicted molar refractivity (Wildman–Crippen MR) is 82.4 cm³/mol. The minimum atomic E-state index is -4.59. The zero-order valence-corrected chi connectivity index (χ0v) is 13.5. The van der Waals surface area contributed by atoms with Crippen LogP contribution in [0.15, 0.2) is 36.5 Å². The number of aromatic nitrogens is 2. The Bertz CT molecular complexity index is 784. The van der Waals surface area contributed by atoms with Crippen LogP contribution in [0.1, 0.15) is 29.9 Å². The van der Waals surface area contributed by atoms with Gasteiger partial charge in [0.25, 0.3) is 5.91 Å². The second kappa shape index (κ2) is 6.96. The molecule has 0 saturated carbocycles. The molecule has 0 spiro atoms. The SMILES string of the molecule is CC(C)N(CC(=O)O)C(=O)c1cccc(-n2nccc2C(F)(F)F)c1. The number of alkyl halides is 3. The van der Waals surface area contributed by atoms with Crippen molar-refractivity contribution in [3.05, 3.63) is 47.8 Å². The van der Waals surface area contributed by atoms with E-state index in [-0.39, 0.29) is 17.3 Å². The predicted octanol–water partition coefficient (Wildman–Crippen LogP) is 2.83. The van der Waals surface area contributed by atoms with E-state index in [9.17, 15) is 22.8 Å². The molecule has 2 rings (SSSR count). The van der Waals surface area contributed by atoms with Crippen molar-refractivity contribution < 1.29 is 27.9 Å². The average Bonchev–Trinajstić information content (AvgIpc) is 3.01. The van der Waals surface area contributed by atoms with E-state index in [1.807, 2.05) is 0 Å². The van der Waals surface area contributed by atoms with Crippen LogP contribution in [-0.4, -0.2) is 44.3 Å². The first-order valence-electron chi connectivity index (χ1n) is 7.35. The first-order valence-corrected chi connectivity index (χ1v) is 7.35. The van der Waals surface area contributed by atoms with Crippen molar-refractivity contribution in [2.75, 3.05) is 6.54 Å². The fourth-order valence-electron chi connectivity index (χ4n) is 2.29. The van der Waals surface area contributed by atoms with Crippen molar-refractivity contribution in [2.45, 2.75) is 26.1 Å². The lowest BCUT2D eigenvalue weighted by molar-refractivity contribution is -0.143. The largest absolute Gasteiger partial charge is 0.480 e. The van der Waals surface area contributed by atoms with Gasteiger partial charge in [0.1, 0.15) is 12.2 Å². The van der Waals surface area contributed by atoms with E-state index in [1.165, 1.54) is 24.3 Å². The van der Waals surface area contributed by atoms with Crippen molar-refractivity contribution in [1.82, 2.24) is 14.7 Å². The standard InChI is InChI=1S/C16H16F3N3O3/c1-10(2)21(9-14(23)24)15(25)11-4-3-5-12(8-11)22-13(6-7-20-22)16(17,18)19/h3-8,10H,9H2,1-2H3,(H,23,24). The van der Waals surface area contributed by atoms with E-state index in [0.29, 0.717) is 4.68 Å². The summed E-state index contributed by atoms with van der Waals surface area (Å²) in [6.45, 7) is 2.80. The number of carbonyl (C=O) groups excluding carboxylic acids is 1. The fourth-order valence-corrected chi connectivity index (χ4v) is 2.29. The summed E-state index contributed by atoms with van der Waals surface area (Å²) in [6, 6.07) is 5.92. The third-order valence-corrected chi connectivity index (χ3v) is 3.46. The van der Waals surface area contributed by atoms with Crippen LogP contribution in [0.2, 0.25) is 0 Å². The summed E-state index contributed by atoms with van der Waals surface area (Å²) in [5.74, 6) is -1.76. The first kappa shape index (κ1) is 18.5. The van der Waals surface area contributed by atoms with E-state index in [4.69, 9.17) is 5.11 Å². The lowest BCUT2D eigenvalue weighted by Gasteiger charge is -2.25. The number of benzene rings is 1. The van der Waals surface area contributed by atoms with Gasteiger partial charge in [-0.2, -0.15) is 18.3 Å². The monoisotopic (exact) mass is 355 g/mol. The molecule has 9 heteroatoms. The van der Waals surface area contributed by atoms with Gasteiger partial charge < -0.3 is 10.0 Å². The van der Waals surface area contributed by atoms with Gasteiger partial charge in [-0.05, 0) is 38.1 Å². The molecule has 0 saturated heterocycles. The maximum absolute atomic E-state index is 13.0. The molecule has 0 fully saturated rings. The molecular formula is C16H16F3N3O3. The Morgan fingerprint density at radius 1 is 1.28 bits per heavy atom. The van der Waals surface area contributed by atoms with Crippen LogP contribution in [0.3, 0.4) is 0 Å². The summed E-state index contributed by atoms with van der Waals surface area (Å²) in [5, 5.41) is 12.6. The minimum absolute atomic E-state index is 0.0576. The van der Waals surface area contributed by atoms with Gasteiger partial charge in [-0.3, -0.25) is 9.59 Å². The van der Waals surface area contributed by atoms with Crippen LogP contribution < -0.4 is 0 Å². The number of amides is 1. The molecule has 1 aromatic carbocycles. The molecule has 2 aromatic rings. The number of carboxylic acids is 1. The van der Waals surface area contributed by atoms with E-state index in [0.717, 1.165) is 17.2 Å². The van der Waals surface area contributed by atoms with Gasteiger partial charge in [-0.1, -0.05) is 6.07 Å². The molecule has 1 N–H and O–H groups in total. The normalized spacial score (nSPS) is 11.6. The van der Waals surface area contributed by atoms with Gasteiger partial charge in [-0.15, -0.1) is 0 Å². The molecule has 1 amide bonds. The molecule has 134 valence electrons. The Morgan fingerprint density at radius 2 is 1.96 bits per heavy atom. The van der Waals surface area contributed by atoms with Crippen LogP contribution in [-0.2, 0) is 11.0 Å². The highest BCUT2D eigenvalue weighted by atomic mass is 19.4. The smallest absolute Gasteiger partial charge is 0.433 e. The van der Waals surface area contributed by atoms with Crippen LogP contribution in [0.5, 0.6) is 0 Å². The van der Waals surface area contributed by atoms with Gasteiger partial charge in [-0.25, -0.2) is 4.68 Å². The Hall–Kier alpha value is -2.84. The minimum Gasteiger partial charge on any atom is -0.480 e. The van der Waals surface area contributed by atoms with E-state index in [2.05, 4.69) is 5.10 Å². The highest BCUT2D eigenvalue weighted by Gasteiger charge is 2.35. The average molecular weight is 355 g/mol. The van der Waals surface area contributed by atoms with E-state index >= 15 is 0 Å². The van der Waals surface area contributed by atoms with Gasteiger partial charge >= 0.3 is 12.1 Å². The molecular weight excluding hydrogens is 339 g/mol. The lowest BCUT2D eigenvalue weighted by Crippen LogP contribution is -2.40. The third-order valence-electron chi connectivity index (χ3n) is 3.46. The van der Waals surface area contributed by atoms with Gasteiger partial charge in [0.05, 0.1) is 11.9 Å². The summed E-state index contributed by atoms with van der Waals surface area (Å²) >= 11 is 0. The second-order valence-electron chi connectivity index (χ2n) is 5.60. The summed E-state index contributed by atoms with van der Waals surface area (Å²) in [6.07, 6.45) is -3.58. The maximum atomic E-state index is 13.0. The quantitative estimate of drug-likeness (QED) is 0.895. The number of hydrogen-bond acceptors (Lipinski definition) is 3. The highest BCUT2D eigenvalue weighted by molar-refractivity contribution is 5.96. The number of carboxylic acid groups (broad SMARTS) is 1. The first-order chi connectivity index (χ1) is 11.6. The van der Waals surface area contributed by atoms with Crippen molar-refractivity contribution in [1.29, 1.82) is 0 Å². The highest BCUT2D eigenvalue weighted by Crippen LogP contribution is 2.30. The Kier molecular flexibility index (Phi) is 5.15. The van der Waals surface area contributed by atoms with Crippen LogP contribution >= 0.6 is 0 Å². The molecule has 0 aliphatic carbocycles. The third kappa shape index (κ3) is 4.17. The molecule has 6 nitrogen and oxygen atoms in total. The Labute approximate surface area is 141 Å². The number of halogens is 3. The molecule has 0 aliphatic rings. The summed E-state index contributed by atoms with van der Waals surface area (Å²) in [7, 11) is 0. The zero-order chi connectivity index (χ0) is 18.8. The zero-order valence-electron chi connectivity index (χ0n) is 13.5. The number of nitrogens with zero attached hydrogens (tertiary/aromatic N) is 3. The number of carbonyl (C=O) groups is 2. The van der Waals surface area contributed by atoms with Crippen molar-refractivity contribution in [3.8, 4) is 5.69 Å². The van der Waals surface area contributed by atoms with Crippen LogP contribution in [0.25, 0.3) is 5.69 Å². The summed E-state index contributed by atoms with van der Waals surface area (Å²) < 4.78 is 39.7. The van der Waals surface area contributed by atoms with Crippen LogP contribution in [0.4, 0.5) is 13.2 Å². The summed E-state index contributed by atoms with van der Waals surface area (Å²) in [4.78, 5) is 24.6. The van der Waals surface area contributed by atoms with Gasteiger partial charge in [0.2, 0.25) is 0 Å². The lowest BCUT2D eigenvalue weighted by atomic mass is 10.1. The number of hydrogen-bond donors (Lipinski definition) is 1. The molecule has 25 heavy (non-hydrogen) atoms. The Morgan fingerprint density at radius 3 is 2.52 bits per heavy atom. The van der Waals surface area contributed by atoms with E-state index < -0.39 is 30.3 Å². The molecule has 1 aromatic heterocycles. The molecule has 0 atom stereocenters. The molecule has 0 radical (unpaired) electrons. The topological polar surface area (TPSA) is 75.4 Å². The number of rotatable bonds is 5. The molecule has 0 bridgehead atoms. The van der Waals surface area contributed by atoms with Crippen LogP contribution in [0, 0.1) is 0 Å². The fraction of sp³-hybridized carbons (Fsp3) is 0.312. The van der Waals surface area contributed by atoms with E-state index in [1.54, 1.807) is 13.8 Å². The van der Waals surface area contributed by atoms with Gasteiger partial charge in [0, 0.05) is 11.6 Å². The molecule has 0 unspecified atom stereocenters. The van der Waals surface area contributed by atoms with Crippen molar-refractivity contribution in [2.24, 2.45) is 0 Å². The molecule has 1 heterocycles. The second-order valence-corrected chi connectivity index (χ2v) is 5.60. The molecule has 0 aliphatic heterocycles. The van der Waals surface area contributed by atoms with Crippen molar-refractivity contribution >= 4 is 11.9 Å². The summed E-state index contributed by atoms with van der Waals surface area (Å²) in [5.41, 5.74) is -0.832. The van der Waals surface area contributed by atoms with Crippen molar-refractivity contribution in [3.63, 3.8) is 0 Å². The number of aliphatic carboxylic acids is 1. The maximum Gasteiger partial charge on any atom is 0.433 e. The Balaban J connectivity index is 2.41. The van der Waals surface area contributed by atoms with Gasteiger partial charge in [0.15, 0.2) is 0 Å².